The topological polar surface area (TPSA) is 75.7 Å². The second kappa shape index (κ2) is 7.21. The molecule has 0 unspecified atom stereocenters. The van der Waals surface area contributed by atoms with Gasteiger partial charge in [0.15, 0.2) is 5.69 Å². The maximum atomic E-state index is 13.1. The van der Waals surface area contributed by atoms with Crippen LogP contribution in [-0.2, 0) is 13.0 Å². The maximum Gasteiger partial charge on any atom is 0.274 e. The molecular formula is C17H29N5O2. The molecule has 0 radical (unpaired) electrons. The standard InChI is InChI=1S/C17H29N5O2/c1-20(2)13-5-4-12(11-23)8-22(9-13)17(24)16-14-10-21(3)7-6-15(14)18-19-16/h12-13,23H,4-11H2,1-3H3,(H,18,19)/t12-,13+/m0/s1. The zero-order chi connectivity index (χ0) is 17.3. The van der Waals surface area contributed by atoms with Crippen LogP contribution in [0.15, 0.2) is 0 Å². The van der Waals surface area contributed by atoms with Gasteiger partial charge in [0.2, 0.25) is 0 Å². The molecule has 1 aromatic rings. The van der Waals surface area contributed by atoms with Crippen LogP contribution in [0.3, 0.4) is 0 Å². The van der Waals surface area contributed by atoms with Crippen molar-refractivity contribution in [3.63, 3.8) is 0 Å². The van der Waals surface area contributed by atoms with Gasteiger partial charge in [-0.25, -0.2) is 0 Å². The Balaban J connectivity index is 1.83. The summed E-state index contributed by atoms with van der Waals surface area (Å²) < 4.78 is 0. The van der Waals surface area contributed by atoms with E-state index < -0.39 is 0 Å². The molecule has 2 atom stereocenters. The van der Waals surface area contributed by atoms with E-state index in [9.17, 15) is 9.90 Å². The van der Waals surface area contributed by atoms with Crippen molar-refractivity contribution in [2.75, 3.05) is 47.4 Å². The summed E-state index contributed by atoms with van der Waals surface area (Å²) in [6, 6.07) is 0.322. The number of aliphatic hydroxyl groups is 1. The Labute approximate surface area is 143 Å². The summed E-state index contributed by atoms with van der Waals surface area (Å²) in [5.41, 5.74) is 2.70. The van der Waals surface area contributed by atoms with E-state index in [1.54, 1.807) is 0 Å². The molecule has 0 aromatic carbocycles. The van der Waals surface area contributed by atoms with Crippen LogP contribution in [0.5, 0.6) is 0 Å². The van der Waals surface area contributed by atoms with E-state index in [4.69, 9.17) is 0 Å². The van der Waals surface area contributed by atoms with Gasteiger partial charge in [0.05, 0.1) is 0 Å². The van der Waals surface area contributed by atoms with Crippen molar-refractivity contribution in [2.24, 2.45) is 5.92 Å². The molecule has 3 rings (SSSR count). The van der Waals surface area contributed by atoms with Crippen molar-refractivity contribution in [3.05, 3.63) is 17.0 Å². The third-order valence-corrected chi connectivity index (χ3v) is 5.42. The Bertz CT molecular complexity index is 586. The van der Waals surface area contributed by atoms with Gasteiger partial charge < -0.3 is 19.8 Å². The highest BCUT2D eigenvalue weighted by Crippen LogP contribution is 2.24. The fourth-order valence-corrected chi connectivity index (χ4v) is 3.74. The molecule has 1 amide bonds. The first kappa shape index (κ1) is 17.4. The van der Waals surface area contributed by atoms with Gasteiger partial charge in [-0.2, -0.15) is 5.10 Å². The summed E-state index contributed by atoms with van der Waals surface area (Å²) in [5, 5.41) is 17.0. The van der Waals surface area contributed by atoms with Crippen LogP contribution in [0, 0.1) is 5.92 Å². The molecule has 0 spiro atoms. The van der Waals surface area contributed by atoms with Gasteiger partial charge in [-0.05, 0) is 39.9 Å². The number of rotatable bonds is 3. The Hall–Kier alpha value is -1.44. The molecule has 2 aliphatic heterocycles. The minimum atomic E-state index is -0.00463. The predicted octanol–water partition coefficient (Wildman–Crippen LogP) is 0.172. The van der Waals surface area contributed by atoms with Gasteiger partial charge in [0, 0.05) is 56.5 Å². The molecule has 2 aliphatic rings. The molecule has 7 nitrogen and oxygen atoms in total. The lowest BCUT2D eigenvalue weighted by atomic mass is 10.0. The smallest absolute Gasteiger partial charge is 0.274 e. The van der Waals surface area contributed by atoms with Crippen LogP contribution in [0.25, 0.3) is 0 Å². The number of aliphatic hydroxyl groups excluding tert-OH is 1. The average molecular weight is 335 g/mol. The van der Waals surface area contributed by atoms with Gasteiger partial charge in [0.25, 0.3) is 5.91 Å². The quantitative estimate of drug-likeness (QED) is 0.824. The van der Waals surface area contributed by atoms with Crippen molar-refractivity contribution >= 4 is 5.91 Å². The number of nitrogens with zero attached hydrogens (tertiary/aromatic N) is 4. The number of aromatic nitrogens is 2. The summed E-state index contributed by atoms with van der Waals surface area (Å²) in [5.74, 6) is 0.145. The predicted molar refractivity (Wildman–Crippen MR) is 91.8 cm³/mol. The molecule has 0 aliphatic carbocycles. The molecule has 2 N–H and O–H groups in total. The number of likely N-dealkylation sites (tertiary alicyclic amines) is 1. The van der Waals surface area contributed by atoms with E-state index in [1.807, 2.05) is 4.90 Å². The number of H-pyrrole nitrogens is 1. The van der Waals surface area contributed by atoms with Gasteiger partial charge in [-0.15, -0.1) is 0 Å². The van der Waals surface area contributed by atoms with Crippen molar-refractivity contribution in [2.45, 2.75) is 31.8 Å². The molecule has 1 aromatic heterocycles. The van der Waals surface area contributed by atoms with E-state index in [0.717, 1.165) is 43.6 Å². The maximum absolute atomic E-state index is 13.1. The number of hydrogen-bond donors (Lipinski definition) is 2. The third-order valence-electron chi connectivity index (χ3n) is 5.42. The molecule has 3 heterocycles. The lowest BCUT2D eigenvalue weighted by Crippen LogP contribution is -2.43. The zero-order valence-electron chi connectivity index (χ0n) is 15.0. The summed E-state index contributed by atoms with van der Waals surface area (Å²) in [6.07, 6.45) is 2.86. The largest absolute Gasteiger partial charge is 0.396 e. The highest BCUT2D eigenvalue weighted by molar-refractivity contribution is 5.94. The van der Waals surface area contributed by atoms with Crippen molar-refractivity contribution in [3.8, 4) is 0 Å². The van der Waals surface area contributed by atoms with Gasteiger partial charge in [-0.3, -0.25) is 9.89 Å². The van der Waals surface area contributed by atoms with Crippen molar-refractivity contribution in [1.82, 2.24) is 24.9 Å². The molecule has 24 heavy (non-hydrogen) atoms. The van der Waals surface area contributed by atoms with Crippen LogP contribution in [-0.4, -0.2) is 89.3 Å². The lowest BCUT2D eigenvalue weighted by molar-refractivity contribution is 0.0681. The van der Waals surface area contributed by atoms with Crippen LogP contribution < -0.4 is 0 Å². The van der Waals surface area contributed by atoms with Crippen molar-refractivity contribution < 1.29 is 9.90 Å². The lowest BCUT2D eigenvalue weighted by Gasteiger charge is -2.29. The number of carbonyl (C=O) groups is 1. The van der Waals surface area contributed by atoms with Gasteiger partial charge >= 0.3 is 0 Å². The first-order valence-electron chi connectivity index (χ1n) is 8.80. The first-order valence-corrected chi connectivity index (χ1v) is 8.80. The second-order valence-corrected chi connectivity index (χ2v) is 7.47. The van der Waals surface area contributed by atoms with Gasteiger partial charge in [-0.1, -0.05) is 0 Å². The number of aromatic amines is 1. The van der Waals surface area contributed by atoms with Crippen LogP contribution >= 0.6 is 0 Å². The summed E-state index contributed by atoms with van der Waals surface area (Å²) in [6.45, 7) is 3.19. The number of fused-ring (bicyclic) bond motifs is 1. The molecule has 0 bridgehead atoms. The van der Waals surface area contributed by atoms with E-state index >= 15 is 0 Å². The summed E-state index contributed by atoms with van der Waals surface area (Å²) in [7, 11) is 6.18. The number of amides is 1. The van der Waals surface area contributed by atoms with E-state index in [0.29, 0.717) is 24.8 Å². The second-order valence-electron chi connectivity index (χ2n) is 7.47. The molecule has 134 valence electrons. The monoisotopic (exact) mass is 335 g/mol. The molecule has 0 saturated carbocycles. The highest BCUT2D eigenvalue weighted by atomic mass is 16.3. The summed E-state index contributed by atoms with van der Waals surface area (Å²) in [4.78, 5) is 19.4. The number of nitrogens with one attached hydrogen (secondary N) is 1. The number of hydrogen-bond acceptors (Lipinski definition) is 5. The Morgan fingerprint density at radius 2 is 2.17 bits per heavy atom. The third kappa shape index (κ3) is 3.48. The minimum absolute atomic E-state index is 0.00463. The fraction of sp³-hybridized carbons (Fsp3) is 0.765. The van der Waals surface area contributed by atoms with Crippen LogP contribution in [0.2, 0.25) is 0 Å². The van der Waals surface area contributed by atoms with Gasteiger partial charge in [0.1, 0.15) is 0 Å². The number of carbonyl (C=O) groups excluding carboxylic acids is 1. The molecule has 7 heteroatoms. The molecule has 1 saturated heterocycles. The van der Waals surface area contributed by atoms with Crippen LogP contribution in [0.4, 0.5) is 0 Å². The normalized spacial score (nSPS) is 25.6. The number of likely N-dealkylation sites (N-methyl/N-ethyl adjacent to an activating group) is 2. The fourth-order valence-electron chi connectivity index (χ4n) is 3.74. The van der Waals surface area contributed by atoms with E-state index in [2.05, 4.69) is 41.1 Å². The van der Waals surface area contributed by atoms with E-state index in [-0.39, 0.29) is 18.4 Å². The average Bonchev–Trinajstić information content (AvgIpc) is 2.84. The molecule has 1 fully saturated rings. The Kier molecular flexibility index (Phi) is 5.22. The first-order chi connectivity index (χ1) is 11.5. The minimum Gasteiger partial charge on any atom is -0.396 e. The Morgan fingerprint density at radius 3 is 2.88 bits per heavy atom. The highest BCUT2D eigenvalue weighted by Gasteiger charge is 2.32. The zero-order valence-corrected chi connectivity index (χ0v) is 15.0. The summed E-state index contributed by atoms with van der Waals surface area (Å²) >= 11 is 0. The Morgan fingerprint density at radius 1 is 1.38 bits per heavy atom. The molecular weight excluding hydrogens is 306 g/mol. The van der Waals surface area contributed by atoms with Crippen LogP contribution in [0.1, 0.15) is 34.6 Å². The van der Waals surface area contributed by atoms with Crippen molar-refractivity contribution in [1.29, 1.82) is 0 Å². The SMILES string of the molecule is CN1CCc2[nH]nc(C(=O)N3C[C@@H](CO)CC[C@@H](N(C)C)C3)c2C1. The van der Waals surface area contributed by atoms with E-state index in [1.165, 1.54) is 0 Å².